The molecule has 4 nitrogen and oxygen atoms in total. The molecule has 6 aromatic carbocycles. The van der Waals surface area contributed by atoms with Crippen LogP contribution in [0.5, 0.6) is 23.0 Å². The van der Waals surface area contributed by atoms with Crippen LogP contribution < -0.4 is 0 Å². The Kier molecular flexibility index (Phi) is 20.3. The van der Waals surface area contributed by atoms with Crippen LogP contribution in [0.1, 0.15) is 144 Å². The minimum atomic E-state index is -3.50. The van der Waals surface area contributed by atoms with Gasteiger partial charge in [0, 0.05) is 26.2 Å². The predicted octanol–water partition coefficient (Wildman–Crippen LogP) is 18.6. The Balaban J connectivity index is 0.00000481. The van der Waals surface area contributed by atoms with E-state index in [9.17, 15) is 10.2 Å². The van der Waals surface area contributed by atoms with Gasteiger partial charge >= 0.3 is 426 Å². The van der Waals surface area contributed by atoms with E-state index >= 15 is 17.6 Å². The van der Waals surface area contributed by atoms with Crippen LogP contribution in [-0.4, -0.2) is 43.8 Å². The molecule has 4 N–H and O–H groups in total. The Morgan fingerprint density at radius 2 is 0.662 bits per heavy atom. The molecular formula is C64H84F4GeO4Zr. The SMILES string of the molecule is Cc1cc(-c2cc(C(C)(C)C)cc(C(C)(C)C)c2)c(O)c(-c2cc(F)c(F)cc2[OH+][CH2][Ge]([CH2][OH+]c2cc(F)c(F)cc2-c2cc(C)cc(-c3cc(C(C)(C)C)cc(C(C)(C)C)c3)c2O)([CH](C)C)[CH](C)C)c1.[CH3-].[CH3-].[Zr]. The number of ether oxygens (including phenoxy) is 2. The van der Waals surface area contributed by atoms with Gasteiger partial charge in [-0.15, -0.1) is 0 Å². The quantitative estimate of drug-likeness (QED) is 0.0555. The second kappa shape index (κ2) is 23.5. The van der Waals surface area contributed by atoms with Crippen molar-refractivity contribution in [1.82, 2.24) is 0 Å². The second-order valence-corrected chi connectivity index (χ2v) is 36.1. The van der Waals surface area contributed by atoms with Crippen molar-refractivity contribution in [2.45, 2.75) is 156 Å². The first-order chi connectivity index (χ1) is 32.6. The number of aliphatic hydroxyl groups is 2. The Morgan fingerprint density at radius 3 is 0.919 bits per heavy atom. The predicted molar refractivity (Wildman–Crippen MR) is 304 cm³/mol. The van der Waals surface area contributed by atoms with Crippen LogP contribution in [0.3, 0.4) is 0 Å². The number of rotatable bonds is 12. The molecule has 0 atom stereocenters. The van der Waals surface area contributed by atoms with E-state index in [1.165, 1.54) is 0 Å². The molecule has 0 unspecified atom stereocenters. The average Bonchev–Trinajstić information content (AvgIpc) is 3.25. The summed E-state index contributed by atoms with van der Waals surface area (Å²) in [5.41, 5.74) is 9.83. The molecule has 0 spiro atoms. The van der Waals surface area contributed by atoms with Gasteiger partial charge in [-0.1, -0.05) is 0 Å². The van der Waals surface area contributed by atoms with Crippen molar-refractivity contribution in [3.05, 3.63) is 156 Å². The van der Waals surface area contributed by atoms with Crippen LogP contribution in [0, 0.1) is 52.0 Å². The van der Waals surface area contributed by atoms with Crippen LogP contribution in [-0.2, 0) is 47.9 Å². The molecule has 0 saturated carbocycles. The van der Waals surface area contributed by atoms with Gasteiger partial charge in [0.2, 0.25) is 0 Å². The van der Waals surface area contributed by atoms with Crippen molar-refractivity contribution in [3.63, 3.8) is 0 Å². The van der Waals surface area contributed by atoms with Crippen molar-refractivity contribution >= 4 is 13.3 Å². The van der Waals surface area contributed by atoms with Crippen LogP contribution >= 0.6 is 0 Å². The largest absolute Gasteiger partial charge is 0.358 e. The van der Waals surface area contributed by atoms with E-state index in [0.717, 1.165) is 68.8 Å². The third-order valence-electron chi connectivity index (χ3n) is 14.5. The number of aryl methyl sites for hydroxylation is 2. The molecule has 0 fully saturated rings. The number of halogens is 4. The molecular weight excluding hydrogens is 1070 g/mol. The molecule has 0 radical (unpaired) electrons. The van der Waals surface area contributed by atoms with E-state index < -0.39 is 36.5 Å². The molecule has 0 aliphatic rings. The number of phenols is 2. The summed E-state index contributed by atoms with van der Waals surface area (Å²) in [5.74, 6) is -3.99. The molecule has 0 heterocycles. The first-order valence-electron chi connectivity index (χ1n) is 25.0. The number of benzene rings is 6. The number of hydrogen-bond donors (Lipinski definition) is 2. The maximum absolute atomic E-state index is 15.5. The molecule has 0 amide bonds. The van der Waals surface area contributed by atoms with Crippen molar-refractivity contribution < 1.29 is 63.5 Å². The van der Waals surface area contributed by atoms with E-state index in [1.54, 1.807) is 12.1 Å². The van der Waals surface area contributed by atoms with E-state index in [0.29, 0.717) is 22.3 Å². The molecule has 6 aromatic rings. The van der Waals surface area contributed by atoms with E-state index in [-0.39, 0.29) is 117 Å². The molecule has 74 heavy (non-hydrogen) atoms. The zero-order valence-electron chi connectivity index (χ0n) is 48.0. The van der Waals surface area contributed by atoms with Gasteiger partial charge in [-0.25, -0.2) is 0 Å². The summed E-state index contributed by atoms with van der Waals surface area (Å²) in [4.78, 5) is 0. The first-order valence-corrected chi connectivity index (χ1v) is 30.3. The fraction of sp³-hybridized carbons (Fsp3) is 0.406. The number of aromatic hydroxyl groups is 4. The van der Waals surface area contributed by atoms with Gasteiger partial charge in [0.05, 0.1) is 0 Å². The van der Waals surface area contributed by atoms with E-state index in [4.69, 9.17) is 9.47 Å². The smallest absolute Gasteiger partial charge is 0 e. The van der Waals surface area contributed by atoms with Gasteiger partial charge in [0.1, 0.15) is 0 Å². The van der Waals surface area contributed by atoms with Gasteiger partial charge in [-0.2, -0.15) is 0 Å². The average molecular weight is 1160 g/mol. The van der Waals surface area contributed by atoms with Gasteiger partial charge in [-0.05, 0) is 0 Å². The molecule has 400 valence electrons. The Morgan fingerprint density at radius 1 is 0.405 bits per heavy atom. The summed E-state index contributed by atoms with van der Waals surface area (Å²) >= 11 is -3.50. The van der Waals surface area contributed by atoms with Crippen LogP contribution in [0.15, 0.2) is 84.9 Å². The van der Waals surface area contributed by atoms with Crippen LogP contribution in [0.4, 0.5) is 17.6 Å². The standard InChI is InChI=1S/C62H76F4GeO4.2CH3.Zr/c1-35(2)67(36(3)4,33-70-55-31-53(65)51(63)29-47(55)49-21-37(5)19-45(57(49)68)39-23-41(59(7,8)9)27-42(24-39)60(10,11)12)34-71-56-32-54(66)52(64)30-48(56)50-22-38(6)20-46(58(50)69)40-25-43(61(13,14)15)28-44(26-40)62(16,17)18;;;/h19-32,35-36,68-69H,33-34H2,1-18H3;2*1H3;/q;2*-1;/p+2. The fourth-order valence-corrected chi connectivity index (χ4v) is 17.4. The molecule has 0 aliphatic heterocycles. The normalized spacial score (nSPS) is 12.3. The molecule has 0 aromatic heterocycles. The number of hydrogen-bond acceptors (Lipinski definition) is 2. The maximum atomic E-state index is 15.5. The Hall–Kier alpha value is -4.33. The van der Waals surface area contributed by atoms with E-state index in [1.807, 2.05) is 26.0 Å². The van der Waals surface area contributed by atoms with Crippen molar-refractivity contribution in [2.75, 3.05) is 10.9 Å². The van der Waals surface area contributed by atoms with Crippen molar-refractivity contribution in [3.8, 4) is 67.5 Å². The topological polar surface area (TPSA) is 66.1 Å². The summed E-state index contributed by atoms with van der Waals surface area (Å²) < 4.78 is 72.3. The molecule has 0 saturated heterocycles. The monoisotopic (exact) mass is 1160 g/mol. The van der Waals surface area contributed by atoms with Crippen LogP contribution in [0.2, 0.25) is 9.50 Å². The minimum absolute atomic E-state index is 0. The fourth-order valence-electron chi connectivity index (χ4n) is 9.38. The van der Waals surface area contributed by atoms with Crippen molar-refractivity contribution in [1.29, 1.82) is 0 Å². The Labute approximate surface area is 464 Å². The second-order valence-electron chi connectivity index (χ2n) is 24.8. The van der Waals surface area contributed by atoms with Gasteiger partial charge in [-0.3, -0.25) is 0 Å². The summed E-state index contributed by atoms with van der Waals surface area (Å²) in [6.45, 7) is 38.1. The first kappa shape index (κ1) is 64.0. The van der Waals surface area contributed by atoms with E-state index in [2.05, 4.69) is 147 Å². The van der Waals surface area contributed by atoms with Gasteiger partial charge in [0.15, 0.2) is 0 Å². The summed E-state index contributed by atoms with van der Waals surface area (Å²) in [6, 6.07) is 24.6. The van der Waals surface area contributed by atoms with Crippen LogP contribution in [0.25, 0.3) is 44.5 Å². The summed E-state index contributed by atoms with van der Waals surface area (Å²) in [6.07, 6.45) is 0. The van der Waals surface area contributed by atoms with Crippen molar-refractivity contribution in [2.24, 2.45) is 0 Å². The summed E-state index contributed by atoms with van der Waals surface area (Å²) in [7, 11) is 0. The Bertz CT molecular complexity index is 2700. The number of phenolic OH excluding ortho intramolecular Hbond substituents is 2. The third kappa shape index (κ3) is 13.8. The third-order valence-corrected chi connectivity index (χ3v) is 27.3. The summed E-state index contributed by atoms with van der Waals surface area (Å²) in [5, 5.41) is 24.5. The van der Waals surface area contributed by atoms with Gasteiger partial charge < -0.3 is 14.9 Å². The zero-order valence-corrected chi connectivity index (χ0v) is 52.5. The molecule has 0 aliphatic carbocycles. The van der Waals surface area contributed by atoms with Gasteiger partial charge in [0.25, 0.3) is 0 Å². The molecule has 0 bridgehead atoms. The maximum Gasteiger partial charge on any atom is 0 e. The molecule has 6 rings (SSSR count). The molecule has 10 heteroatoms. The minimum Gasteiger partial charge on any atom is -0.358 e. The zero-order chi connectivity index (χ0) is 53.1.